The molecule has 1 fully saturated rings. The monoisotopic (exact) mass is 373 g/mol. The Morgan fingerprint density at radius 2 is 1.93 bits per heavy atom. The highest BCUT2D eigenvalue weighted by molar-refractivity contribution is 5.92. The van der Waals surface area contributed by atoms with E-state index in [4.69, 9.17) is 9.72 Å². The van der Waals surface area contributed by atoms with Gasteiger partial charge in [0, 0.05) is 18.4 Å². The lowest BCUT2D eigenvalue weighted by Gasteiger charge is -2.24. The highest BCUT2D eigenvalue weighted by Gasteiger charge is 2.32. The minimum absolute atomic E-state index is 0.0218. The Morgan fingerprint density at radius 1 is 1.11 bits per heavy atom. The van der Waals surface area contributed by atoms with Crippen LogP contribution in [0.4, 0.5) is 0 Å². The molecule has 0 aliphatic carbocycles. The molecule has 2 aromatic heterocycles. The summed E-state index contributed by atoms with van der Waals surface area (Å²) in [6, 6.07) is 17.6. The van der Waals surface area contributed by atoms with Crippen LogP contribution in [0.3, 0.4) is 0 Å². The van der Waals surface area contributed by atoms with Crippen molar-refractivity contribution in [2.75, 3.05) is 13.7 Å². The number of hydrogen-bond acceptors (Lipinski definition) is 4. The molecule has 142 valence electrons. The topological polar surface area (TPSA) is 55.3 Å². The summed E-state index contributed by atoms with van der Waals surface area (Å²) in [5.74, 6) is 0.801. The minimum atomic E-state index is -0.0302. The molecule has 3 heterocycles. The van der Waals surface area contributed by atoms with Crippen molar-refractivity contribution in [1.29, 1.82) is 0 Å². The Labute approximate surface area is 165 Å². The number of methoxy groups -OCH3 is 1. The number of aromatic nitrogens is 2. The molecule has 1 saturated heterocycles. The predicted molar refractivity (Wildman–Crippen MR) is 108 cm³/mol. The maximum absolute atomic E-state index is 13.0. The maximum Gasteiger partial charge on any atom is 0.273 e. The molecular weight excluding hydrogens is 350 g/mol. The lowest BCUT2D eigenvalue weighted by atomic mass is 10.0. The third-order valence-corrected chi connectivity index (χ3v) is 5.14. The fraction of sp³-hybridized carbons (Fsp3) is 0.261. The average Bonchev–Trinajstić information content (AvgIpc) is 3.23. The van der Waals surface area contributed by atoms with E-state index in [0.717, 1.165) is 47.7 Å². The highest BCUT2D eigenvalue weighted by Crippen LogP contribution is 2.34. The molecule has 1 unspecified atom stereocenters. The van der Waals surface area contributed by atoms with Gasteiger partial charge in [0.1, 0.15) is 11.4 Å². The fourth-order valence-electron chi connectivity index (χ4n) is 3.77. The molecular formula is C23H23N3O2. The molecule has 1 amide bonds. The summed E-state index contributed by atoms with van der Waals surface area (Å²) < 4.78 is 5.25. The van der Waals surface area contributed by atoms with Crippen LogP contribution in [0.5, 0.6) is 5.75 Å². The van der Waals surface area contributed by atoms with Crippen molar-refractivity contribution >= 4 is 5.91 Å². The van der Waals surface area contributed by atoms with Crippen molar-refractivity contribution in [3.63, 3.8) is 0 Å². The number of benzene rings is 1. The standard InChI is InChI=1S/C23H23N3O2/c1-16-14-18(17-8-10-19(28-2)11-9-17)15-21(25-16)22-7-5-13-26(22)23(27)20-6-3-4-12-24-20/h3-4,6,8-12,14-15,22H,5,7,13H2,1-2H3. The van der Waals surface area contributed by atoms with Gasteiger partial charge < -0.3 is 9.64 Å². The van der Waals surface area contributed by atoms with Crippen LogP contribution in [-0.4, -0.2) is 34.4 Å². The second-order valence-corrected chi connectivity index (χ2v) is 7.02. The van der Waals surface area contributed by atoms with Gasteiger partial charge in [0.25, 0.3) is 5.91 Å². The van der Waals surface area contributed by atoms with Crippen molar-refractivity contribution in [3.8, 4) is 16.9 Å². The Hall–Kier alpha value is -3.21. The van der Waals surface area contributed by atoms with E-state index in [1.165, 1.54) is 0 Å². The smallest absolute Gasteiger partial charge is 0.273 e. The van der Waals surface area contributed by atoms with Gasteiger partial charge in [-0.25, -0.2) is 0 Å². The van der Waals surface area contributed by atoms with E-state index in [2.05, 4.69) is 17.1 Å². The first kappa shape index (κ1) is 18.2. The normalized spacial score (nSPS) is 16.2. The zero-order chi connectivity index (χ0) is 19.5. The quantitative estimate of drug-likeness (QED) is 0.678. The first-order valence-corrected chi connectivity index (χ1v) is 9.51. The summed E-state index contributed by atoms with van der Waals surface area (Å²) in [6.07, 6.45) is 3.54. The number of pyridine rings is 2. The van der Waals surface area contributed by atoms with Crippen LogP contribution in [0.2, 0.25) is 0 Å². The van der Waals surface area contributed by atoms with Gasteiger partial charge in [-0.1, -0.05) is 18.2 Å². The van der Waals surface area contributed by atoms with Gasteiger partial charge in [0.15, 0.2) is 0 Å². The first-order valence-electron chi connectivity index (χ1n) is 9.51. The number of carbonyl (C=O) groups is 1. The van der Waals surface area contributed by atoms with Crippen molar-refractivity contribution in [1.82, 2.24) is 14.9 Å². The molecule has 1 aliphatic rings. The number of likely N-dealkylation sites (tertiary alicyclic amines) is 1. The summed E-state index contributed by atoms with van der Waals surface area (Å²) in [6.45, 7) is 2.73. The molecule has 4 rings (SSSR count). The highest BCUT2D eigenvalue weighted by atomic mass is 16.5. The molecule has 3 aromatic rings. The van der Waals surface area contributed by atoms with Crippen molar-refractivity contribution in [2.45, 2.75) is 25.8 Å². The van der Waals surface area contributed by atoms with Crippen LogP contribution in [0.1, 0.15) is 40.8 Å². The number of amides is 1. The van der Waals surface area contributed by atoms with Gasteiger partial charge in [-0.2, -0.15) is 0 Å². The molecule has 28 heavy (non-hydrogen) atoms. The van der Waals surface area contributed by atoms with Crippen LogP contribution in [0.15, 0.2) is 60.8 Å². The van der Waals surface area contributed by atoms with Crippen LogP contribution in [0.25, 0.3) is 11.1 Å². The van der Waals surface area contributed by atoms with Crippen LogP contribution in [-0.2, 0) is 0 Å². The van der Waals surface area contributed by atoms with Gasteiger partial charge >= 0.3 is 0 Å². The first-order chi connectivity index (χ1) is 13.7. The number of aryl methyl sites for hydroxylation is 1. The van der Waals surface area contributed by atoms with Gasteiger partial charge in [-0.05, 0) is 67.3 Å². The molecule has 0 saturated carbocycles. The summed E-state index contributed by atoms with van der Waals surface area (Å²) in [4.78, 5) is 23.9. The van der Waals surface area contributed by atoms with E-state index in [-0.39, 0.29) is 11.9 Å². The van der Waals surface area contributed by atoms with E-state index in [9.17, 15) is 4.79 Å². The minimum Gasteiger partial charge on any atom is -0.497 e. The second-order valence-electron chi connectivity index (χ2n) is 7.02. The lowest BCUT2D eigenvalue weighted by molar-refractivity contribution is 0.0727. The summed E-state index contributed by atoms with van der Waals surface area (Å²) >= 11 is 0. The number of hydrogen-bond donors (Lipinski definition) is 0. The molecule has 5 heteroatoms. The Kier molecular flexibility index (Phi) is 5.06. The third kappa shape index (κ3) is 3.60. The average molecular weight is 373 g/mol. The van der Waals surface area contributed by atoms with Gasteiger partial charge in [-0.3, -0.25) is 14.8 Å². The molecule has 1 atom stereocenters. The second kappa shape index (κ2) is 7.80. The zero-order valence-electron chi connectivity index (χ0n) is 16.1. The molecule has 0 N–H and O–H groups in total. The third-order valence-electron chi connectivity index (χ3n) is 5.14. The Morgan fingerprint density at radius 3 is 2.64 bits per heavy atom. The van der Waals surface area contributed by atoms with Gasteiger partial charge in [0.05, 0.1) is 18.8 Å². The van der Waals surface area contributed by atoms with Crippen LogP contribution >= 0.6 is 0 Å². The lowest BCUT2D eigenvalue weighted by Crippen LogP contribution is -2.31. The molecule has 0 radical (unpaired) electrons. The summed E-state index contributed by atoms with van der Waals surface area (Å²) in [7, 11) is 1.66. The van der Waals surface area contributed by atoms with Gasteiger partial charge in [0.2, 0.25) is 0 Å². The van der Waals surface area contributed by atoms with E-state index in [0.29, 0.717) is 5.69 Å². The van der Waals surface area contributed by atoms with Gasteiger partial charge in [-0.15, -0.1) is 0 Å². The summed E-state index contributed by atoms with van der Waals surface area (Å²) in [5, 5.41) is 0. The van der Waals surface area contributed by atoms with E-state index in [1.807, 2.05) is 48.2 Å². The molecule has 1 aromatic carbocycles. The Balaban J connectivity index is 1.66. The fourth-order valence-corrected chi connectivity index (χ4v) is 3.77. The zero-order valence-corrected chi connectivity index (χ0v) is 16.1. The van der Waals surface area contributed by atoms with E-state index in [1.54, 1.807) is 19.4 Å². The SMILES string of the molecule is COc1ccc(-c2cc(C)nc(C3CCCN3C(=O)c3ccccn3)c2)cc1. The molecule has 1 aliphatic heterocycles. The molecule has 0 bridgehead atoms. The van der Waals surface area contributed by atoms with Crippen molar-refractivity contribution in [2.24, 2.45) is 0 Å². The Bertz CT molecular complexity index is 971. The van der Waals surface area contributed by atoms with E-state index < -0.39 is 0 Å². The molecule has 5 nitrogen and oxygen atoms in total. The number of carbonyl (C=O) groups excluding carboxylic acids is 1. The summed E-state index contributed by atoms with van der Waals surface area (Å²) in [5.41, 5.74) is 4.57. The van der Waals surface area contributed by atoms with Crippen LogP contribution < -0.4 is 4.74 Å². The predicted octanol–water partition coefficient (Wildman–Crippen LogP) is 4.44. The largest absolute Gasteiger partial charge is 0.497 e. The molecule has 0 spiro atoms. The maximum atomic E-state index is 13.0. The van der Waals surface area contributed by atoms with Crippen LogP contribution in [0, 0.1) is 6.92 Å². The number of ether oxygens (including phenoxy) is 1. The van der Waals surface area contributed by atoms with E-state index >= 15 is 0 Å². The van der Waals surface area contributed by atoms with Crippen molar-refractivity contribution < 1.29 is 9.53 Å². The van der Waals surface area contributed by atoms with Crippen molar-refractivity contribution in [3.05, 3.63) is 77.9 Å². The number of rotatable bonds is 4. The number of nitrogens with zero attached hydrogens (tertiary/aromatic N) is 3.